The van der Waals surface area contributed by atoms with Crippen LogP contribution in [0, 0.1) is 0 Å². The molecule has 1 heterocycles. The Labute approximate surface area is 115 Å². The van der Waals surface area contributed by atoms with Gasteiger partial charge in [0.25, 0.3) is 0 Å². The monoisotopic (exact) mass is 314 g/mol. The fraction of sp³-hybridized carbons (Fsp3) is 0.167. The lowest BCUT2D eigenvalue weighted by Crippen LogP contribution is -3.00. The molecule has 0 spiro atoms. The highest BCUT2D eigenvalue weighted by molar-refractivity contribution is 6.30. The van der Waals surface area contributed by atoms with E-state index in [0.29, 0.717) is 17.1 Å². The molecule has 0 N–H and O–H groups in total. The molecule has 5 heteroatoms. The third-order valence-corrected chi connectivity index (χ3v) is 2.57. The summed E-state index contributed by atoms with van der Waals surface area (Å²) < 4.78 is 3.74. The van der Waals surface area contributed by atoms with Crippen LogP contribution in [0.25, 0.3) is 0 Å². The molecule has 1 aromatic carbocycles. The Morgan fingerprint density at radius 2 is 2.00 bits per heavy atom. The van der Waals surface area contributed by atoms with Crippen molar-refractivity contribution in [1.29, 1.82) is 0 Å². The maximum atomic E-state index is 11.9. The number of hydrogen-bond donors (Lipinski definition) is 0. The molecular weight excluding hydrogens is 304 g/mol. The number of nitrogens with zero attached hydrogens (tertiary/aromatic N) is 2. The quantitative estimate of drug-likeness (QED) is 0.519. The summed E-state index contributed by atoms with van der Waals surface area (Å²) in [5.41, 5.74) is 0.681. The van der Waals surface area contributed by atoms with E-state index in [1.54, 1.807) is 24.3 Å². The predicted octanol–water partition coefficient (Wildman–Crippen LogP) is -1.15. The highest BCUT2D eigenvalue weighted by Crippen LogP contribution is 2.10. The largest absolute Gasteiger partial charge is 1.00 e. The minimum atomic E-state index is 0. The first-order valence-corrected chi connectivity index (χ1v) is 5.33. The fourth-order valence-electron chi connectivity index (χ4n) is 1.49. The van der Waals surface area contributed by atoms with E-state index in [2.05, 4.69) is 0 Å². The van der Waals surface area contributed by atoms with Crippen LogP contribution >= 0.6 is 11.6 Å². The SMILES string of the molecule is C[n+]1ccn(CC(=O)c2ccc(Cl)cc2)c1.[Br-]. The van der Waals surface area contributed by atoms with Gasteiger partial charge < -0.3 is 17.0 Å². The summed E-state index contributed by atoms with van der Waals surface area (Å²) in [6.07, 6.45) is 5.64. The van der Waals surface area contributed by atoms with Crippen LogP contribution < -0.4 is 21.5 Å². The van der Waals surface area contributed by atoms with E-state index in [9.17, 15) is 4.79 Å². The van der Waals surface area contributed by atoms with Crippen molar-refractivity contribution >= 4 is 17.4 Å². The molecule has 0 saturated heterocycles. The molecule has 0 fully saturated rings. The van der Waals surface area contributed by atoms with Crippen molar-refractivity contribution in [1.82, 2.24) is 4.57 Å². The van der Waals surface area contributed by atoms with E-state index < -0.39 is 0 Å². The molecule has 0 unspecified atom stereocenters. The highest BCUT2D eigenvalue weighted by atomic mass is 79.9. The van der Waals surface area contributed by atoms with Crippen LogP contribution in [0.2, 0.25) is 5.02 Å². The highest BCUT2D eigenvalue weighted by Gasteiger charge is 2.10. The smallest absolute Gasteiger partial charge is 0.243 e. The predicted molar refractivity (Wildman–Crippen MR) is 61.4 cm³/mol. The molecule has 17 heavy (non-hydrogen) atoms. The number of hydrogen-bond acceptors (Lipinski definition) is 1. The van der Waals surface area contributed by atoms with Gasteiger partial charge in [0.2, 0.25) is 12.1 Å². The van der Waals surface area contributed by atoms with Gasteiger partial charge in [-0.25, -0.2) is 9.13 Å². The van der Waals surface area contributed by atoms with Crippen molar-refractivity contribution in [2.24, 2.45) is 7.05 Å². The summed E-state index contributed by atoms with van der Waals surface area (Å²) in [5, 5.41) is 0.643. The van der Waals surface area contributed by atoms with Gasteiger partial charge >= 0.3 is 0 Å². The number of halogens is 2. The Hall–Kier alpha value is -1.13. The molecule has 0 bridgehead atoms. The van der Waals surface area contributed by atoms with Gasteiger partial charge in [-0.05, 0) is 24.3 Å². The van der Waals surface area contributed by atoms with Crippen molar-refractivity contribution in [3.05, 3.63) is 53.6 Å². The van der Waals surface area contributed by atoms with Crippen LogP contribution in [0.3, 0.4) is 0 Å². The third kappa shape index (κ3) is 3.68. The molecule has 1 aromatic heterocycles. The molecule has 0 aliphatic heterocycles. The Morgan fingerprint density at radius 3 is 2.53 bits per heavy atom. The van der Waals surface area contributed by atoms with Crippen LogP contribution in [-0.2, 0) is 13.6 Å². The second-order valence-corrected chi connectivity index (χ2v) is 4.12. The fourth-order valence-corrected chi connectivity index (χ4v) is 1.61. The topological polar surface area (TPSA) is 25.9 Å². The zero-order valence-corrected chi connectivity index (χ0v) is 11.6. The number of aryl methyl sites for hydroxylation is 1. The molecular formula is C12H12BrClN2O. The summed E-state index contributed by atoms with van der Waals surface area (Å²) in [4.78, 5) is 11.9. The average Bonchev–Trinajstić information content (AvgIpc) is 2.65. The van der Waals surface area contributed by atoms with Crippen molar-refractivity contribution < 1.29 is 26.3 Å². The van der Waals surface area contributed by atoms with E-state index in [0.717, 1.165) is 0 Å². The van der Waals surface area contributed by atoms with Gasteiger partial charge in [0.1, 0.15) is 12.4 Å². The second-order valence-electron chi connectivity index (χ2n) is 3.68. The zero-order valence-electron chi connectivity index (χ0n) is 9.31. The summed E-state index contributed by atoms with van der Waals surface area (Å²) >= 11 is 5.76. The minimum Gasteiger partial charge on any atom is -1.00 e. The molecule has 0 radical (unpaired) electrons. The Morgan fingerprint density at radius 1 is 1.35 bits per heavy atom. The van der Waals surface area contributed by atoms with Crippen molar-refractivity contribution in [2.75, 3.05) is 0 Å². The molecule has 90 valence electrons. The van der Waals surface area contributed by atoms with E-state index in [1.807, 2.05) is 34.9 Å². The molecule has 0 amide bonds. The number of ketones is 1. The van der Waals surface area contributed by atoms with Gasteiger partial charge in [-0.2, -0.15) is 0 Å². The lowest BCUT2D eigenvalue weighted by Gasteiger charge is -1.98. The van der Waals surface area contributed by atoms with Gasteiger partial charge in [-0.15, -0.1) is 0 Å². The summed E-state index contributed by atoms with van der Waals surface area (Å²) in [6, 6.07) is 6.94. The van der Waals surface area contributed by atoms with Crippen LogP contribution in [0.5, 0.6) is 0 Å². The lowest BCUT2D eigenvalue weighted by atomic mass is 10.1. The minimum absolute atomic E-state index is 0. The summed E-state index contributed by atoms with van der Waals surface area (Å²) in [7, 11) is 1.92. The number of carbonyl (C=O) groups excluding carboxylic acids is 1. The summed E-state index contributed by atoms with van der Waals surface area (Å²) in [5.74, 6) is 0.0767. The average molecular weight is 316 g/mol. The molecule has 2 aromatic rings. The van der Waals surface area contributed by atoms with E-state index in [-0.39, 0.29) is 22.8 Å². The Bertz CT molecular complexity index is 507. The number of Topliss-reactive ketones (excluding diaryl/α,β-unsaturated/α-hetero) is 1. The van der Waals surface area contributed by atoms with Crippen molar-refractivity contribution in [3.8, 4) is 0 Å². The number of benzene rings is 1. The van der Waals surface area contributed by atoms with Crippen molar-refractivity contribution in [2.45, 2.75) is 6.54 Å². The Balaban J connectivity index is 0.00000144. The third-order valence-electron chi connectivity index (χ3n) is 2.32. The molecule has 0 aliphatic rings. The first kappa shape index (κ1) is 13.9. The van der Waals surface area contributed by atoms with Crippen LogP contribution in [0.15, 0.2) is 43.0 Å². The van der Waals surface area contributed by atoms with E-state index in [4.69, 9.17) is 11.6 Å². The lowest BCUT2D eigenvalue weighted by molar-refractivity contribution is -0.671. The maximum absolute atomic E-state index is 11.9. The first-order chi connectivity index (χ1) is 7.65. The van der Waals surface area contributed by atoms with Crippen LogP contribution in [0.4, 0.5) is 0 Å². The van der Waals surface area contributed by atoms with Crippen LogP contribution in [0.1, 0.15) is 10.4 Å². The molecule has 0 aliphatic carbocycles. The molecule has 0 atom stereocenters. The Kier molecular flexibility index (Phi) is 4.90. The van der Waals surface area contributed by atoms with Gasteiger partial charge in [0.15, 0.2) is 6.54 Å². The number of imidazole rings is 1. The van der Waals surface area contributed by atoms with E-state index in [1.165, 1.54) is 0 Å². The van der Waals surface area contributed by atoms with Gasteiger partial charge in [0.05, 0.1) is 7.05 Å². The second kappa shape index (κ2) is 5.98. The standard InChI is InChI=1S/C12H12ClN2O.BrH/c1-14-6-7-15(9-14)8-12(16)10-2-4-11(13)5-3-10;/h2-7,9H,8H2,1H3;1H/q+1;/p-1. The number of carbonyl (C=O) groups is 1. The van der Waals surface area contributed by atoms with Crippen LogP contribution in [-0.4, -0.2) is 10.4 Å². The molecule has 2 rings (SSSR count). The number of aromatic nitrogens is 2. The maximum Gasteiger partial charge on any atom is 0.243 e. The first-order valence-electron chi connectivity index (χ1n) is 4.95. The van der Waals surface area contributed by atoms with Gasteiger partial charge in [0, 0.05) is 10.6 Å². The zero-order chi connectivity index (χ0) is 11.5. The molecule has 3 nitrogen and oxygen atoms in total. The van der Waals surface area contributed by atoms with Crippen molar-refractivity contribution in [3.63, 3.8) is 0 Å². The molecule has 0 saturated carbocycles. The number of rotatable bonds is 3. The van der Waals surface area contributed by atoms with E-state index >= 15 is 0 Å². The normalized spacial score (nSPS) is 9.76. The van der Waals surface area contributed by atoms with Gasteiger partial charge in [-0.3, -0.25) is 4.79 Å². The summed E-state index contributed by atoms with van der Waals surface area (Å²) in [6.45, 7) is 0.350. The van der Waals surface area contributed by atoms with Gasteiger partial charge in [-0.1, -0.05) is 11.6 Å².